The van der Waals surface area contributed by atoms with Crippen LogP contribution < -0.4 is 15.2 Å². The quantitative estimate of drug-likeness (QED) is 0.622. The topological polar surface area (TPSA) is 53.7 Å². The maximum atomic E-state index is 5.60. The van der Waals surface area contributed by atoms with Gasteiger partial charge in [0.25, 0.3) is 0 Å². The smallest absolute Gasteiger partial charge is 0.119 e. The highest BCUT2D eigenvalue weighted by Crippen LogP contribution is 2.13. The number of anilines is 1. The van der Waals surface area contributed by atoms with Gasteiger partial charge < -0.3 is 19.9 Å². The molecule has 0 amide bonds. The van der Waals surface area contributed by atoms with Gasteiger partial charge in [0.15, 0.2) is 0 Å². The van der Waals surface area contributed by atoms with Crippen molar-refractivity contribution in [2.75, 3.05) is 26.1 Å². The van der Waals surface area contributed by atoms with Gasteiger partial charge in [-0.1, -0.05) is 12.1 Å². The minimum absolute atomic E-state index is 0.514. The van der Waals surface area contributed by atoms with E-state index in [1.807, 2.05) is 48.5 Å². The molecule has 106 valence electrons. The molecule has 4 heteroatoms. The Hall–Kier alpha value is -2.20. The van der Waals surface area contributed by atoms with Crippen LogP contribution in [0.1, 0.15) is 5.56 Å². The number of methoxy groups -OCH3 is 1. The van der Waals surface area contributed by atoms with E-state index in [-0.39, 0.29) is 0 Å². The monoisotopic (exact) mass is 273 g/mol. The Morgan fingerprint density at radius 2 is 1.50 bits per heavy atom. The normalized spacial score (nSPS) is 10.2. The summed E-state index contributed by atoms with van der Waals surface area (Å²) in [5, 5.41) is 0. The fraction of sp³-hybridized carbons (Fsp3) is 0.250. The van der Waals surface area contributed by atoms with Crippen LogP contribution >= 0.6 is 0 Å². The second-order valence-corrected chi connectivity index (χ2v) is 4.32. The maximum Gasteiger partial charge on any atom is 0.119 e. The maximum absolute atomic E-state index is 5.60. The zero-order chi connectivity index (χ0) is 14.2. The van der Waals surface area contributed by atoms with E-state index in [2.05, 4.69) is 0 Å². The molecule has 0 radical (unpaired) electrons. The molecule has 0 saturated carbocycles. The first-order valence-electron chi connectivity index (χ1n) is 6.47. The third-order valence-corrected chi connectivity index (χ3v) is 2.80. The summed E-state index contributed by atoms with van der Waals surface area (Å²) in [7, 11) is 1.65. The van der Waals surface area contributed by atoms with Gasteiger partial charge in [0, 0.05) is 5.69 Å². The summed E-state index contributed by atoms with van der Waals surface area (Å²) in [5.74, 6) is 1.65. The van der Waals surface area contributed by atoms with E-state index in [1.54, 1.807) is 7.11 Å². The van der Waals surface area contributed by atoms with E-state index in [4.69, 9.17) is 19.9 Å². The van der Waals surface area contributed by atoms with Crippen LogP contribution in [0.25, 0.3) is 0 Å². The van der Waals surface area contributed by atoms with Crippen LogP contribution in [0.3, 0.4) is 0 Å². The Labute approximate surface area is 119 Å². The average Bonchev–Trinajstić information content (AvgIpc) is 2.49. The molecular formula is C16H19NO3. The predicted octanol–water partition coefficient (Wildman–Crippen LogP) is 2.87. The van der Waals surface area contributed by atoms with Crippen LogP contribution in [-0.2, 0) is 11.3 Å². The van der Waals surface area contributed by atoms with Crippen molar-refractivity contribution in [1.29, 1.82) is 0 Å². The van der Waals surface area contributed by atoms with E-state index < -0.39 is 0 Å². The molecule has 2 N–H and O–H groups in total. The molecule has 2 aromatic carbocycles. The first-order valence-corrected chi connectivity index (χ1v) is 6.47. The van der Waals surface area contributed by atoms with Gasteiger partial charge in [-0.25, -0.2) is 0 Å². The van der Waals surface area contributed by atoms with Crippen LogP contribution in [0, 0.1) is 0 Å². The van der Waals surface area contributed by atoms with Gasteiger partial charge in [0.1, 0.15) is 18.1 Å². The van der Waals surface area contributed by atoms with Gasteiger partial charge in [-0.05, 0) is 42.0 Å². The van der Waals surface area contributed by atoms with E-state index in [1.165, 1.54) is 0 Å². The lowest BCUT2D eigenvalue weighted by Crippen LogP contribution is -2.06. The third kappa shape index (κ3) is 4.48. The Kier molecular flexibility index (Phi) is 5.26. The zero-order valence-electron chi connectivity index (χ0n) is 11.5. The van der Waals surface area contributed by atoms with Crippen LogP contribution in [-0.4, -0.2) is 20.3 Å². The largest absolute Gasteiger partial charge is 0.497 e. The lowest BCUT2D eigenvalue weighted by atomic mass is 10.2. The first-order chi connectivity index (χ1) is 9.78. The van der Waals surface area contributed by atoms with E-state index in [0.29, 0.717) is 19.8 Å². The third-order valence-electron chi connectivity index (χ3n) is 2.80. The van der Waals surface area contributed by atoms with Crippen molar-refractivity contribution in [3.05, 3.63) is 54.1 Å². The number of nitrogen functional groups attached to an aromatic ring is 1. The minimum atomic E-state index is 0.514. The molecule has 4 nitrogen and oxygen atoms in total. The van der Waals surface area contributed by atoms with Gasteiger partial charge in [-0.2, -0.15) is 0 Å². The number of ether oxygens (including phenoxy) is 3. The summed E-state index contributed by atoms with van der Waals surface area (Å²) in [6.45, 7) is 1.62. The van der Waals surface area contributed by atoms with E-state index in [0.717, 1.165) is 22.7 Å². The number of rotatable bonds is 7. The molecule has 0 heterocycles. The zero-order valence-corrected chi connectivity index (χ0v) is 11.5. The summed E-state index contributed by atoms with van der Waals surface area (Å²) in [6, 6.07) is 15.1. The lowest BCUT2D eigenvalue weighted by Gasteiger charge is -2.08. The SMILES string of the molecule is COc1ccc(COCCOc2ccc(N)cc2)cc1. The van der Waals surface area contributed by atoms with Gasteiger partial charge in [-0.15, -0.1) is 0 Å². The summed E-state index contributed by atoms with van der Waals surface area (Å²) in [5.41, 5.74) is 7.44. The molecule has 0 atom stereocenters. The number of hydrogen-bond donors (Lipinski definition) is 1. The lowest BCUT2D eigenvalue weighted by molar-refractivity contribution is 0.0889. The molecule has 2 aromatic rings. The van der Waals surface area contributed by atoms with Crippen molar-refractivity contribution in [2.45, 2.75) is 6.61 Å². The summed E-state index contributed by atoms with van der Waals surface area (Å²) >= 11 is 0. The van der Waals surface area contributed by atoms with Crippen LogP contribution in [0.15, 0.2) is 48.5 Å². The number of nitrogens with two attached hydrogens (primary N) is 1. The van der Waals surface area contributed by atoms with Crippen LogP contribution in [0.5, 0.6) is 11.5 Å². The summed E-state index contributed by atoms with van der Waals surface area (Å²) in [4.78, 5) is 0. The Morgan fingerprint density at radius 3 is 2.15 bits per heavy atom. The molecule has 0 saturated heterocycles. The molecule has 2 rings (SSSR count). The Balaban J connectivity index is 1.64. The molecule has 0 aliphatic heterocycles. The van der Waals surface area contributed by atoms with Crippen LogP contribution in [0.2, 0.25) is 0 Å². The van der Waals surface area contributed by atoms with Gasteiger partial charge in [0.05, 0.1) is 20.3 Å². The van der Waals surface area contributed by atoms with Crippen LogP contribution in [0.4, 0.5) is 5.69 Å². The standard InChI is InChI=1S/C16H19NO3/c1-18-15-6-2-13(3-7-15)12-19-10-11-20-16-8-4-14(17)5-9-16/h2-9H,10-12,17H2,1H3. The highest BCUT2D eigenvalue weighted by Gasteiger charge is 1.96. The summed E-state index contributed by atoms with van der Waals surface area (Å²) < 4.78 is 16.2. The fourth-order valence-electron chi connectivity index (χ4n) is 1.69. The van der Waals surface area contributed by atoms with Crippen molar-refractivity contribution in [1.82, 2.24) is 0 Å². The van der Waals surface area contributed by atoms with Crippen molar-refractivity contribution < 1.29 is 14.2 Å². The van der Waals surface area contributed by atoms with Crippen molar-refractivity contribution >= 4 is 5.69 Å². The fourth-order valence-corrected chi connectivity index (χ4v) is 1.69. The molecule has 0 aliphatic carbocycles. The molecule has 20 heavy (non-hydrogen) atoms. The van der Waals surface area contributed by atoms with Gasteiger partial charge in [0.2, 0.25) is 0 Å². The number of benzene rings is 2. The minimum Gasteiger partial charge on any atom is -0.497 e. The Bertz CT molecular complexity index is 508. The second-order valence-electron chi connectivity index (χ2n) is 4.32. The molecule has 0 aliphatic rings. The number of hydrogen-bond acceptors (Lipinski definition) is 4. The van der Waals surface area contributed by atoms with Crippen molar-refractivity contribution in [3.63, 3.8) is 0 Å². The molecule has 0 bridgehead atoms. The van der Waals surface area contributed by atoms with Crippen molar-refractivity contribution in [2.24, 2.45) is 0 Å². The second kappa shape index (κ2) is 7.40. The van der Waals surface area contributed by atoms with Gasteiger partial charge >= 0.3 is 0 Å². The molecule has 0 unspecified atom stereocenters. The molecular weight excluding hydrogens is 254 g/mol. The molecule has 0 aromatic heterocycles. The van der Waals surface area contributed by atoms with Crippen molar-refractivity contribution in [3.8, 4) is 11.5 Å². The first kappa shape index (κ1) is 14.2. The highest BCUT2D eigenvalue weighted by atomic mass is 16.5. The van der Waals surface area contributed by atoms with E-state index in [9.17, 15) is 0 Å². The average molecular weight is 273 g/mol. The predicted molar refractivity (Wildman–Crippen MR) is 79.0 cm³/mol. The summed E-state index contributed by atoms with van der Waals surface area (Å²) in [6.07, 6.45) is 0. The molecule has 0 spiro atoms. The van der Waals surface area contributed by atoms with Gasteiger partial charge in [-0.3, -0.25) is 0 Å². The highest BCUT2D eigenvalue weighted by molar-refractivity contribution is 5.41. The van der Waals surface area contributed by atoms with E-state index >= 15 is 0 Å². The molecule has 0 fully saturated rings. The Morgan fingerprint density at radius 1 is 0.850 bits per heavy atom.